The monoisotopic (exact) mass is 496 g/mol. The Labute approximate surface area is 212 Å². The molecule has 1 N–H and O–H groups in total. The average Bonchev–Trinajstić information content (AvgIpc) is 3.25. The third-order valence-corrected chi connectivity index (χ3v) is 7.14. The molecule has 2 amide bonds. The van der Waals surface area contributed by atoms with Crippen LogP contribution in [0.15, 0.2) is 24.3 Å². The number of esters is 1. The zero-order chi connectivity index (χ0) is 25.9. The number of carbonyl (C=O) groups is 3. The molecule has 0 bridgehead atoms. The molecule has 194 valence electrons. The lowest BCUT2D eigenvalue weighted by Crippen LogP contribution is -2.65. The van der Waals surface area contributed by atoms with Crippen molar-refractivity contribution in [3.8, 4) is 5.75 Å². The molecule has 2 aliphatic rings. The van der Waals surface area contributed by atoms with Gasteiger partial charge in [0, 0.05) is 12.1 Å². The van der Waals surface area contributed by atoms with Gasteiger partial charge in [-0.2, -0.15) is 5.10 Å². The van der Waals surface area contributed by atoms with E-state index in [-0.39, 0.29) is 36.5 Å². The number of ether oxygens (including phenoxy) is 2. The molecule has 36 heavy (non-hydrogen) atoms. The van der Waals surface area contributed by atoms with Crippen LogP contribution in [0.4, 0.5) is 5.69 Å². The Bertz CT molecular complexity index is 1140. The largest absolute Gasteiger partial charge is 0.495 e. The van der Waals surface area contributed by atoms with Crippen LogP contribution in [-0.4, -0.2) is 52.9 Å². The van der Waals surface area contributed by atoms with Gasteiger partial charge in [-0.25, -0.2) is 4.79 Å². The van der Waals surface area contributed by atoms with Gasteiger partial charge in [-0.1, -0.05) is 38.2 Å². The molecule has 0 saturated heterocycles. The van der Waals surface area contributed by atoms with Gasteiger partial charge >= 0.3 is 5.97 Å². The van der Waals surface area contributed by atoms with E-state index in [1.807, 2.05) is 19.1 Å². The second-order valence-corrected chi connectivity index (χ2v) is 9.90. The first-order chi connectivity index (χ1) is 17.3. The molecule has 1 aliphatic heterocycles. The van der Waals surface area contributed by atoms with Crippen molar-refractivity contribution >= 4 is 23.5 Å². The number of nitrogens with zero attached hydrogens (tertiary/aromatic N) is 3. The molecule has 1 aromatic heterocycles. The number of methoxy groups -OCH3 is 1. The number of benzene rings is 1. The number of fused-ring (bicyclic) bond motifs is 1. The van der Waals surface area contributed by atoms with Crippen LogP contribution in [0.2, 0.25) is 0 Å². The summed E-state index contributed by atoms with van der Waals surface area (Å²) in [6, 6.07) is 7.02. The number of aromatic nitrogens is 2. The van der Waals surface area contributed by atoms with Crippen LogP contribution >= 0.6 is 0 Å². The predicted octanol–water partition coefficient (Wildman–Crippen LogP) is 4.03. The van der Waals surface area contributed by atoms with Gasteiger partial charge in [0.25, 0.3) is 5.91 Å². The number of aryl methyl sites for hydroxylation is 1. The summed E-state index contributed by atoms with van der Waals surface area (Å²) in [4.78, 5) is 41.8. The van der Waals surface area contributed by atoms with Crippen molar-refractivity contribution < 1.29 is 23.9 Å². The molecular weight excluding hydrogens is 460 g/mol. The summed E-state index contributed by atoms with van der Waals surface area (Å²) in [7, 11) is 1.54. The van der Waals surface area contributed by atoms with Crippen molar-refractivity contribution in [3.05, 3.63) is 41.2 Å². The SMILES string of the molecule is CCOC(=O)c1cc2n(n1)C[C@](C)(C(=O)NC1CCCCCCC1)N(c1cc(C)ccc1OC)C2=O. The Morgan fingerprint density at radius 1 is 1.14 bits per heavy atom. The van der Waals surface area contributed by atoms with Crippen LogP contribution in [-0.2, 0) is 16.1 Å². The summed E-state index contributed by atoms with van der Waals surface area (Å²) in [5.74, 6) is -0.794. The van der Waals surface area contributed by atoms with E-state index in [1.165, 1.54) is 42.0 Å². The normalized spacial score (nSPS) is 20.8. The minimum absolute atomic E-state index is 0.0426. The highest BCUT2D eigenvalue weighted by atomic mass is 16.5. The Morgan fingerprint density at radius 2 is 1.83 bits per heavy atom. The first-order valence-electron chi connectivity index (χ1n) is 12.8. The lowest BCUT2D eigenvalue weighted by molar-refractivity contribution is -0.127. The molecule has 2 heterocycles. The highest BCUT2D eigenvalue weighted by Gasteiger charge is 2.50. The van der Waals surface area contributed by atoms with Gasteiger partial charge in [0.05, 0.1) is 25.9 Å². The molecule has 0 spiro atoms. The Kier molecular flexibility index (Phi) is 7.66. The summed E-state index contributed by atoms with van der Waals surface area (Å²) >= 11 is 0. The highest BCUT2D eigenvalue weighted by Crippen LogP contribution is 2.39. The average molecular weight is 497 g/mol. The van der Waals surface area contributed by atoms with Crippen LogP contribution in [0, 0.1) is 6.92 Å². The Morgan fingerprint density at radius 3 is 2.50 bits per heavy atom. The molecular formula is C27H36N4O5. The van der Waals surface area contributed by atoms with Gasteiger partial charge in [0.15, 0.2) is 5.69 Å². The fraction of sp³-hybridized carbons (Fsp3) is 0.556. The fourth-order valence-corrected chi connectivity index (χ4v) is 5.18. The second-order valence-electron chi connectivity index (χ2n) is 9.90. The zero-order valence-corrected chi connectivity index (χ0v) is 21.6. The fourth-order valence-electron chi connectivity index (χ4n) is 5.18. The van der Waals surface area contributed by atoms with Crippen molar-refractivity contribution in [1.82, 2.24) is 15.1 Å². The molecule has 0 unspecified atom stereocenters. The van der Waals surface area contributed by atoms with E-state index in [2.05, 4.69) is 10.4 Å². The highest BCUT2D eigenvalue weighted by molar-refractivity contribution is 6.13. The molecule has 2 aromatic rings. The summed E-state index contributed by atoms with van der Waals surface area (Å²) in [6.07, 6.45) is 7.56. The van der Waals surface area contributed by atoms with E-state index in [4.69, 9.17) is 9.47 Å². The maximum atomic E-state index is 14.0. The van der Waals surface area contributed by atoms with E-state index < -0.39 is 17.4 Å². The molecule has 9 nitrogen and oxygen atoms in total. The summed E-state index contributed by atoms with van der Waals surface area (Å²) < 4.78 is 12.1. The lowest BCUT2D eigenvalue weighted by Gasteiger charge is -2.44. The maximum Gasteiger partial charge on any atom is 0.358 e. The second kappa shape index (κ2) is 10.7. The van der Waals surface area contributed by atoms with Crippen molar-refractivity contribution in [2.24, 2.45) is 0 Å². The smallest absolute Gasteiger partial charge is 0.358 e. The minimum Gasteiger partial charge on any atom is -0.495 e. The van der Waals surface area contributed by atoms with Gasteiger partial charge in [-0.3, -0.25) is 19.2 Å². The summed E-state index contributed by atoms with van der Waals surface area (Å²) in [5, 5.41) is 7.59. The molecule has 1 saturated carbocycles. The first-order valence-corrected chi connectivity index (χ1v) is 12.8. The maximum absolute atomic E-state index is 14.0. The molecule has 1 aromatic carbocycles. The summed E-state index contributed by atoms with van der Waals surface area (Å²) in [5.41, 5.74) is 0.389. The molecule has 0 radical (unpaired) electrons. The lowest BCUT2D eigenvalue weighted by atomic mass is 9.91. The number of amides is 2. The molecule has 1 aliphatic carbocycles. The number of hydrogen-bond donors (Lipinski definition) is 1. The van der Waals surface area contributed by atoms with Crippen LogP contribution < -0.4 is 15.0 Å². The van der Waals surface area contributed by atoms with Gasteiger partial charge < -0.3 is 14.8 Å². The van der Waals surface area contributed by atoms with E-state index in [0.29, 0.717) is 11.4 Å². The first kappa shape index (κ1) is 25.7. The molecule has 9 heteroatoms. The third-order valence-electron chi connectivity index (χ3n) is 7.14. The topological polar surface area (TPSA) is 103 Å². The van der Waals surface area contributed by atoms with Crippen LogP contribution in [0.1, 0.15) is 85.3 Å². The quantitative estimate of drug-likeness (QED) is 0.606. The predicted molar refractivity (Wildman–Crippen MR) is 135 cm³/mol. The van der Waals surface area contributed by atoms with Crippen molar-refractivity contribution in [3.63, 3.8) is 0 Å². The number of carbonyl (C=O) groups excluding carboxylic acids is 3. The standard InChI is InChI=1S/C27H36N4O5/c1-5-36-25(33)20-16-22-24(32)31(21-15-18(2)13-14-23(21)35-4)27(3,17-30(22)29-20)26(34)28-19-11-9-7-6-8-10-12-19/h13-16,19H,5-12,17H2,1-4H3,(H,28,34)/t27-/m1/s1. The van der Waals surface area contributed by atoms with Crippen LogP contribution in [0.5, 0.6) is 5.75 Å². The Balaban J connectivity index is 1.77. The van der Waals surface area contributed by atoms with Gasteiger partial charge in [0.1, 0.15) is 17.0 Å². The number of hydrogen-bond acceptors (Lipinski definition) is 6. The van der Waals surface area contributed by atoms with Crippen molar-refractivity contribution in [1.29, 1.82) is 0 Å². The summed E-state index contributed by atoms with van der Waals surface area (Å²) in [6.45, 7) is 5.67. The molecule has 1 atom stereocenters. The van der Waals surface area contributed by atoms with Gasteiger partial charge in [-0.05, 0) is 51.3 Å². The van der Waals surface area contributed by atoms with E-state index in [0.717, 1.165) is 31.2 Å². The Hall–Kier alpha value is -3.36. The van der Waals surface area contributed by atoms with Crippen molar-refractivity contribution in [2.45, 2.75) is 83.8 Å². The van der Waals surface area contributed by atoms with E-state index >= 15 is 0 Å². The third kappa shape index (κ3) is 4.96. The zero-order valence-electron chi connectivity index (χ0n) is 21.6. The number of anilines is 1. The van der Waals surface area contributed by atoms with Gasteiger partial charge in [0.2, 0.25) is 5.91 Å². The van der Waals surface area contributed by atoms with Crippen molar-refractivity contribution in [2.75, 3.05) is 18.6 Å². The number of rotatable bonds is 6. The minimum atomic E-state index is -1.30. The van der Waals surface area contributed by atoms with Crippen LogP contribution in [0.25, 0.3) is 0 Å². The molecule has 4 rings (SSSR count). The van der Waals surface area contributed by atoms with E-state index in [9.17, 15) is 14.4 Å². The molecule has 1 fully saturated rings. The van der Waals surface area contributed by atoms with Gasteiger partial charge in [-0.15, -0.1) is 0 Å². The van der Waals surface area contributed by atoms with E-state index in [1.54, 1.807) is 19.9 Å². The number of nitrogens with one attached hydrogen (secondary N) is 1. The van der Waals surface area contributed by atoms with Crippen LogP contribution in [0.3, 0.4) is 0 Å².